The molecule has 0 aliphatic carbocycles. The van der Waals surface area contributed by atoms with Gasteiger partial charge in [0.15, 0.2) is 4.80 Å². The summed E-state index contributed by atoms with van der Waals surface area (Å²) < 4.78 is 32.2. The number of methoxy groups -OCH3 is 2. The van der Waals surface area contributed by atoms with Gasteiger partial charge in [0.1, 0.15) is 35.7 Å². The third-order valence-corrected chi connectivity index (χ3v) is 8.51. The van der Waals surface area contributed by atoms with Crippen LogP contribution in [0.4, 0.5) is 10.1 Å². The van der Waals surface area contributed by atoms with E-state index in [-0.39, 0.29) is 17.3 Å². The van der Waals surface area contributed by atoms with E-state index in [0.717, 1.165) is 11.1 Å². The number of carbonyl (C=O) groups is 1. The maximum Gasteiger partial charge on any atom is 0.271 e. The molecule has 8 nitrogen and oxygen atoms in total. The first kappa shape index (κ1) is 30.5. The van der Waals surface area contributed by atoms with Crippen molar-refractivity contribution >= 4 is 29.0 Å². The van der Waals surface area contributed by atoms with Crippen LogP contribution in [0.5, 0.6) is 17.2 Å². The number of amides is 1. The molecule has 1 atom stereocenters. The second-order valence-corrected chi connectivity index (χ2v) is 11.5. The number of allylic oxidation sites excluding steroid dienone is 1. The average molecular weight is 636 g/mol. The number of thiazole rings is 1. The normalized spacial score (nSPS) is 14.3. The van der Waals surface area contributed by atoms with Crippen molar-refractivity contribution in [2.75, 3.05) is 19.5 Å². The molecule has 0 fully saturated rings. The van der Waals surface area contributed by atoms with E-state index in [1.54, 1.807) is 67.1 Å². The molecule has 1 N–H and O–H groups in total. The van der Waals surface area contributed by atoms with Crippen LogP contribution in [0.1, 0.15) is 29.7 Å². The van der Waals surface area contributed by atoms with Crippen molar-refractivity contribution in [2.24, 2.45) is 4.99 Å². The lowest BCUT2D eigenvalue weighted by molar-refractivity contribution is -0.113. The highest BCUT2D eigenvalue weighted by atomic mass is 32.1. The summed E-state index contributed by atoms with van der Waals surface area (Å²) in [6, 6.07) is 27.1. The number of para-hydroxylation sites is 1. The van der Waals surface area contributed by atoms with Crippen LogP contribution in [0.15, 0.2) is 118 Å². The number of rotatable bonds is 9. The van der Waals surface area contributed by atoms with Gasteiger partial charge in [-0.15, -0.1) is 0 Å². The van der Waals surface area contributed by atoms with Gasteiger partial charge in [-0.1, -0.05) is 53.8 Å². The number of carbonyl (C=O) groups excluding carboxylic acids is 1. The SMILES string of the molecule is COc1ccc([C@H]2C(C(=O)Nc3ccccc3)=C(C)N=c3s/c(=C\c4ccc(OCc5ccc(F)cc5)cc4)c(=O)n32)c(OC)c1. The molecule has 0 saturated heterocycles. The van der Waals surface area contributed by atoms with Gasteiger partial charge in [0.25, 0.3) is 11.5 Å². The standard InChI is InChI=1S/C36H30FN3O5S/c1-22-32(34(41)39-26-7-5-4-6-8-26)33(29-18-17-28(43-2)20-30(29)44-3)40-35(42)31(46-36(40)38-22)19-23-11-15-27(16-12-23)45-21-24-9-13-25(37)14-10-24/h4-20,33H,21H2,1-3H3,(H,39,41)/b31-19-/t33-/m0/s1. The second kappa shape index (κ2) is 13.3. The average Bonchev–Trinajstić information content (AvgIpc) is 3.38. The van der Waals surface area contributed by atoms with Crippen LogP contribution in [0.25, 0.3) is 6.08 Å². The Morgan fingerprint density at radius 3 is 2.37 bits per heavy atom. The van der Waals surface area contributed by atoms with Crippen LogP contribution in [0.2, 0.25) is 0 Å². The van der Waals surface area contributed by atoms with Gasteiger partial charge in [0.2, 0.25) is 0 Å². The van der Waals surface area contributed by atoms with Crippen LogP contribution >= 0.6 is 11.3 Å². The Hall–Kier alpha value is -5.48. The van der Waals surface area contributed by atoms with Crippen molar-refractivity contribution in [2.45, 2.75) is 19.6 Å². The smallest absolute Gasteiger partial charge is 0.271 e. The molecule has 1 aliphatic heterocycles. The lowest BCUT2D eigenvalue weighted by Crippen LogP contribution is -2.40. The lowest BCUT2D eigenvalue weighted by Gasteiger charge is -2.26. The zero-order chi connectivity index (χ0) is 32.2. The van der Waals surface area contributed by atoms with E-state index in [4.69, 9.17) is 19.2 Å². The fourth-order valence-electron chi connectivity index (χ4n) is 5.23. The van der Waals surface area contributed by atoms with Crippen LogP contribution in [0.3, 0.4) is 0 Å². The molecule has 232 valence electrons. The van der Waals surface area contributed by atoms with Gasteiger partial charge in [-0.3, -0.25) is 14.2 Å². The molecular weight excluding hydrogens is 605 g/mol. The summed E-state index contributed by atoms with van der Waals surface area (Å²) in [5.41, 5.74) is 3.40. The highest BCUT2D eigenvalue weighted by Crippen LogP contribution is 2.37. The van der Waals surface area contributed by atoms with Crippen LogP contribution in [-0.4, -0.2) is 24.7 Å². The fraction of sp³-hybridized carbons (Fsp3) is 0.139. The van der Waals surface area contributed by atoms with Crippen molar-refractivity contribution in [3.8, 4) is 17.2 Å². The first-order valence-corrected chi connectivity index (χ1v) is 15.2. The topological polar surface area (TPSA) is 91.2 Å². The number of hydrogen-bond donors (Lipinski definition) is 1. The summed E-state index contributed by atoms with van der Waals surface area (Å²) in [4.78, 5) is 33.2. The van der Waals surface area contributed by atoms with Crippen molar-refractivity contribution in [3.63, 3.8) is 0 Å². The third-order valence-electron chi connectivity index (χ3n) is 7.53. The number of halogens is 1. The highest BCUT2D eigenvalue weighted by Gasteiger charge is 2.34. The molecule has 0 spiro atoms. The number of ether oxygens (including phenoxy) is 3. The van der Waals surface area contributed by atoms with E-state index in [2.05, 4.69) is 5.32 Å². The van der Waals surface area contributed by atoms with E-state index in [0.29, 0.717) is 55.7 Å². The molecular formula is C36H30FN3O5S. The maximum atomic E-state index is 14.1. The number of benzene rings is 4. The zero-order valence-corrected chi connectivity index (χ0v) is 26.1. The number of anilines is 1. The Morgan fingerprint density at radius 1 is 0.957 bits per heavy atom. The van der Waals surface area contributed by atoms with Gasteiger partial charge in [-0.25, -0.2) is 9.38 Å². The van der Waals surface area contributed by atoms with Gasteiger partial charge < -0.3 is 19.5 Å². The number of nitrogens with zero attached hydrogens (tertiary/aromatic N) is 2. The van der Waals surface area contributed by atoms with Crippen LogP contribution in [-0.2, 0) is 11.4 Å². The summed E-state index contributed by atoms with van der Waals surface area (Å²) in [5.74, 6) is 1.01. The Bertz CT molecular complexity index is 2100. The number of aromatic nitrogens is 1. The molecule has 46 heavy (non-hydrogen) atoms. The van der Waals surface area contributed by atoms with Crippen LogP contribution in [0, 0.1) is 5.82 Å². The first-order valence-electron chi connectivity index (χ1n) is 14.4. The molecule has 0 bridgehead atoms. The van der Waals surface area contributed by atoms with E-state index < -0.39 is 6.04 Å². The number of nitrogens with one attached hydrogen (secondary N) is 1. The predicted octanol–water partition coefficient (Wildman–Crippen LogP) is 5.61. The Morgan fingerprint density at radius 2 is 1.67 bits per heavy atom. The molecule has 0 unspecified atom stereocenters. The maximum absolute atomic E-state index is 14.1. The minimum Gasteiger partial charge on any atom is -0.497 e. The number of fused-ring (bicyclic) bond motifs is 1. The Labute approximate surface area is 268 Å². The molecule has 1 amide bonds. The number of hydrogen-bond acceptors (Lipinski definition) is 7. The Balaban J connectivity index is 1.38. The molecule has 2 heterocycles. The van der Waals surface area contributed by atoms with E-state index in [1.807, 2.05) is 42.5 Å². The molecule has 10 heteroatoms. The van der Waals surface area contributed by atoms with Crippen molar-refractivity contribution in [3.05, 3.63) is 151 Å². The summed E-state index contributed by atoms with van der Waals surface area (Å²) >= 11 is 1.25. The lowest BCUT2D eigenvalue weighted by atomic mass is 9.94. The molecule has 6 rings (SSSR count). The fourth-order valence-corrected chi connectivity index (χ4v) is 6.28. The monoisotopic (exact) mass is 635 g/mol. The molecule has 4 aromatic carbocycles. The van der Waals surface area contributed by atoms with E-state index in [1.165, 1.54) is 30.6 Å². The van der Waals surface area contributed by atoms with E-state index >= 15 is 0 Å². The van der Waals surface area contributed by atoms with Gasteiger partial charge in [-0.05, 0) is 72.7 Å². The van der Waals surface area contributed by atoms with Gasteiger partial charge in [0.05, 0.1) is 30.0 Å². The molecule has 0 saturated carbocycles. The molecule has 0 radical (unpaired) electrons. The molecule has 1 aromatic heterocycles. The first-order chi connectivity index (χ1) is 22.3. The van der Waals surface area contributed by atoms with Crippen LogP contribution < -0.4 is 34.4 Å². The van der Waals surface area contributed by atoms with Gasteiger partial charge in [0, 0.05) is 17.3 Å². The van der Waals surface area contributed by atoms with Crippen molar-refractivity contribution in [1.82, 2.24) is 4.57 Å². The third kappa shape index (κ3) is 6.33. The molecule has 1 aliphatic rings. The summed E-state index contributed by atoms with van der Waals surface area (Å²) in [6.07, 6.45) is 1.79. The largest absolute Gasteiger partial charge is 0.497 e. The van der Waals surface area contributed by atoms with Gasteiger partial charge in [-0.2, -0.15) is 0 Å². The summed E-state index contributed by atoms with van der Waals surface area (Å²) in [6.45, 7) is 2.07. The van der Waals surface area contributed by atoms with E-state index in [9.17, 15) is 14.0 Å². The predicted molar refractivity (Wildman–Crippen MR) is 176 cm³/mol. The van der Waals surface area contributed by atoms with Crippen molar-refractivity contribution < 1.29 is 23.4 Å². The highest BCUT2D eigenvalue weighted by molar-refractivity contribution is 7.07. The quantitative estimate of drug-likeness (QED) is 0.228. The second-order valence-electron chi connectivity index (χ2n) is 10.5. The minimum absolute atomic E-state index is 0.291. The van der Waals surface area contributed by atoms with Gasteiger partial charge >= 0.3 is 0 Å². The summed E-state index contributed by atoms with van der Waals surface area (Å²) in [5, 5.41) is 2.96. The summed E-state index contributed by atoms with van der Waals surface area (Å²) in [7, 11) is 3.10. The minimum atomic E-state index is -0.815. The Kier molecular flexibility index (Phi) is 8.80. The molecule has 5 aromatic rings. The van der Waals surface area contributed by atoms with Crippen molar-refractivity contribution in [1.29, 1.82) is 0 Å². The zero-order valence-electron chi connectivity index (χ0n) is 25.3.